The Morgan fingerprint density at radius 2 is 1.84 bits per heavy atom. The molecule has 3 rings (SSSR count). The van der Waals surface area contributed by atoms with Crippen LogP contribution in [0.25, 0.3) is 0 Å². The van der Waals surface area contributed by atoms with Crippen LogP contribution in [0.1, 0.15) is 27.3 Å². The van der Waals surface area contributed by atoms with Gasteiger partial charge in [-0.3, -0.25) is 9.48 Å². The van der Waals surface area contributed by atoms with E-state index < -0.39 is 18.5 Å². The number of nitrogens with one attached hydrogen (secondary N) is 1. The van der Waals surface area contributed by atoms with Crippen LogP contribution in [0.4, 0.5) is 5.69 Å². The van der Waals surface area contributed by atoms with Gasteiger partial charge in [0.1, 0.15) is 11.3 Å². The number of halogens is 2. The second kappa shape index (κ2) is 9.85. The van der Waals surface area contributed by atoms with Gasteiger partial charge in [0.05, 0.1) is 30.1 Å². The average molecular weight is 462 g/mol. The number of anilines is 1. The smallest absolute Gasteiger partial charge is 0.342 e. The summed E-state index contributed by atoms with van der Waals surface area (Å²) in [7, 11) is 1.50. The predicted molar refractivity (Wildman–Crippen MR) is 119 cm³/mol. The first-order valence-corrected chi connectivity index (χ1v) is 10.1. The quantitative estimate of drug-likeness (QED) is 0.517. The molecule has 1 heterocycles. The third kappa shape index (κ3) is 5.37. The van der Waals surface area contributed by atoms with E-state index >= 15 is 0 Å². The molecule has 9 heteroatoms. The van der Waals surface area contributed by atoms with Gasteiger partial charge in [-0.25, -0.2) is 4.79 Å². The van der Waals surface area contributed by atoms with Crippen molar-refractivity contribution < 1.29 is 19.1 Å². The van der Waals surface area contributed by atoms with Crippen molar-refractivity contribution in [3.05, 3.63) is 75.0 Å². The van der Waals surface area contributed by atoms with Crippen molar-refractivity contribution in [3.8, 4) is 5.75 Å². The van der Waals surface area contributed by atoms with Gasteiger partial charge in [0.25, 0.3) is 5.91 Å². The summed E-state index contributed by atoms with van der Waals surface area (Å²) in [6.07, 6.45) is 0. The lowest BCUT2D eigenvalue weighted by Gasteiger charge is -2.09. The highest BCUT2D eigenvalue weighted by atomic mass is 35.5. The summed E-state index contributed by atoms with van der Waals surface area (Å²) in [5.41, 5.74) is 2.81. The van der Waals surface area contributed by atoms with Crippen molar-refractivity contribution in [1.29, 1.82) is 0 Å². The molecule has 0 aliphatic rings. The lowest BCUT2D eigenvalue weighted by molar-refractivity contribution is -0.119. The van der Waals surface area contributed by atoms with Crippen LogP contribution in [0.5, 0.6) is 5.75 Å². The molecule has 31 heavy (non-hydrogen) atoms. The minimum absolute atomic E-state index is 0.326. The standard InChI is InChI=1S/C22H21Cl2N3O4/c1-13-21(14(2)27(26-13)11-15-6-4-5-7-17(15)23)22(29)31-12-20(28)25-16-8-9-19(30-3)18(24)10-16/h4-10H,11-12H2,1-3H3,(H,25,28). The third-order valence-electron chi connectivity index (χ3n) is 4.63. The van der Waals surface area contributed by atoms with Crippen molar-refractivity contribution in [3.63, 3.8) is 0 Å². The number of methoxy groups -OCH3 is 1. The van der Waals surface area contributed by atoms with E-state index in [1.54, 1.807) is 42.8 Å². The molecule has 0 saturated carbocycles. The Morgan fingerprint density at radius 1 is 1.10 bits per heavy atom. The summed E-state index contributed by atoms with van der Waals surface area (Å²) < 4.78 is 12.0. The van der Waals surface area contributed by atoms with Gasteiger partial charge in [0.2, 0.25) is 0 Å². The van der Waals surface area contributed by atoms with Gasteiger partial charge >= 0.3 is 5.97 Å². The fraction of sp³-hybridized carbons (Fsp3) is 0.227. The topological polar surface area (TPSA) is 82.4 Å². The molecule has 1 aromatic heterocycles. The number of ether oxygens (including phenoxy) is 2. The first-order chi connectivity index (χ1) is 14.8. The van der Waals surface area contributed by atoms with E-state index in [1.165, 1.54) is 7.11 Å². The third-order valence-corrected chi connectivity index (χ3v) is 5.30. The number of carbonyl (C=O) groups is 2. The number of hydrogen-bond donors (Lipinski definition) is 1. The molecule has 0 aliphatic heterocycles. The van der Waals surface area contributed by atoms with E-state index in [1.807, 2.05) is 18.2 Å². The van der Waals surface area contributed by atoms with Gasteiger partial charge in [-0.05, 0) is 43.7 Å². The van der Waals surface area contributed by atoms with Crippen LogP contribution in [-0.2, 0) is 16.1 Å². The van der Waals surface area contributed by atoms with E-state index in [2.05, 4.69) is 10.4 Å². The SMILES string of the molecule is COc1ccc(NC(=O)COC(=O)c2c(C)nn(Cc3ccccc3Cl)c2C)cc1Cl. The molecule has 0 aliphatic carbocycles. The summed E-state index contributed by atoms with van der Waals surface area (Å²) >= 11 is 12.3. The molecule has 0 unspecified atom stereocenters. The number of hydrogen-bond acceptors (Lipinski definition) is 5. The Balaban J connectivity index is 1.64. The van der Waals surface area contributed by atoms with E-state index in [4.69, 9.17) is 32.7 Å². The van der Waals surface area contributed by atoms with Gasteiger partial charge in [0.15, 0.2) is 6.61 Å². The molecule has 0 fully saturated rings. The Kier molecular flexibility index (Phi) is 7.20. The maximum absolute atomic E-state index is 12.6. The molecular weight excluding hydrogens is 441 g/mol. The number of nitrogens with zero attached hydrogens (tertiary/aromatic N) is 2. The first-order valence-electron chi connectivity index (χ1n) is 9.38. The summed E-state index contributed by atoms with van der Waals surface area (Å²) in [6.45, 7) is 3.45. The van der Waals surface area contributed by atoms with Crippen molar-refractivity contribution in [1.82, 2.24) is 9.78 Å². The average Bonchev–Trinajstić information content (AvgIpc) is 3.01. The van der Waals surface area contributed by atoms with Crippen LogP contribution in [-0.4, -0.2) is 35.4 Å². The molecule has 1 N–H and O–H groups in total. The van der Waals surface area contributed by atoms with Crippen molar-refractivity contribution >= 4 is 40.8 Å². The van der Waals surface area contributed by atoms with Crippen molar-refractivity contribution in [2.24, 2.45) is 0 Å². The molecule has 1 amide bonds. The maximum atomic E-state index is 12.6. The summed E-state index contributed by atoms with van der Waals surface area (Å²) in [5, 5.41) is 8.02. The Labute approximate surface area is 189 Å². The fourth-order valence-electron chi connectivity index (χ4n) is 3.08. The van der Waals surface area contributed by atoms with Crippen LogP contribution < -0.4 is 10.1 Å². The first kappa shape index (κ1) is 22.7. The monoisotopic (exact) mass is 461 g/mol. The van der Waals surface area contributed by atoms with E-state index in [-0.39, 0.29) is 0 Å². The molecule has 7 nitrogen and oxygen atoms in total. The molecule has 2 aromatic carbocycles. The number of benzene rings is 2. The summed E-state index contributed by atoms with van der Waals surface area (Å²) in [4.78, 5) is 24.8. The molecule has 0 radical (unpaired) electrons. The normalized spacial score (nSPS) is 10.6. The number of carbonyl (C=O) groups excluding carboxylic acids is 2. The molecular formula is C22H21Cl2N3O4. The van der Waals surface area contributed by atoms with Crippen LogP contribution in [0, 0.1) is 13.8 Å². The lowest BCUT2D eigenvalue weighted by Crippen LogP contribution is -2.21. The van der Waals surface area contributed by atoms with Crippen LogP contribution in [0.3, 0.4) is 0 Å². The zero-order valence-corrected chi connectivity index (χ0v) is 18.8. The van der Waals surface area contributed by atoms with Gasteiger partial charge in [-0.1, -0.05) is 41.4 Å². The Morgan fingerprint density at radius 3 is 2.52 bits per heavy atom. The number of rotatable bonds is 7. The van der Waals surface area contributed by atoms with E-state index in [0.29, 0.717) is 45.0 Å². The maximum Gasteiger partial charge on any atom is 0.342 e. The van der Waals surface area contributed by atoms with Gasteiger partial charge in [0, 0.05) is 10.7 Å². The van der Waals surface area contributed by atoms with Gasteiger partial charge < -0.3 is 14.8 Å². The highest BCUT2D eigenvalue weighted by molar-refractivity contribution is 6.32. The fourth-order valence-corrected chi connectivity index (χ4v) is 3.53. The molecule has 3 aromatic rings. The zero-order valence-electron chi connectivity index (χ0n) is 17.2. The number of amides is 1. The summed E-state index contributed by atoms with van der Waals surface area (Å²) in [5.74, 6) is -0.623. The second-order valence-electron chi connectivity index (χ2n) is 6.77. The van der Waals surface area contributed by atoms with Crippen LogP contribution in [0.15, 0.2) is 42.5 Å². The van der Waals surface area contributed by atoms with Crippen molar-refractivity contribution in [2.75, 3.05) is 19.0 Å². The molecule has 0 saturated heterocycles. The Bertz CT molecular complexity index is 1130. The minimum Gasteiger partial charge on any atom is -0.495 e. The second-order valence-corrected chi connectivity index (χ2v) is 7.58. The lowest BCUT2D eigenvalue weighted by atomic mass is 10.2. The van der Waals surface area contributed by atoms with Crippen molar-refractivity contribution in [2.45, 2.75) is 20.4 Å². The molecule has 0 atom stereocenters. The highest BCUT2D eigenvalue weighted by Gasteiger charge is 2.21. The molecule has 0 spiro atoms. The van der Waals surface area contributed by atoms with Gasteiger partial charge in [-0.2, -0.15) is 5.10 Å². The molecule has 0 bridgehead atoms. The number of aryl methyl sites for hydroxylation is 1. The minimum atomic E-state index is -0.622. The zero-order chi connectivity index (χ0) is 22.5. The summed E-state index contributed by atoms with van der Waals surface area (Å²) in [6, 6.07) is 12.2. The largest absolute Gasteiger partial charge is 0.495 e. The predicted octanol–water partition coefficient (Wildman–Crippen LogP) is 4.66. The van der Waals surface area contributed by atoms with Crippen LogP contribution >= 0.6 is 23.2 Å². The number of aromatic nitrogens is 2. The highest BCUT2D eigenvalue weighted by Crippen LogP contribution is 2.27. The van der Waals surface area contributed by atoms with Crippen LogP contribution in [0.2, 0.25) is 10.0 Å². The van der Waals surface area contributed by atoms with E-state index in [9.17, 15) is 9.59 Å². The number of esters is 1. The van der Waals surface area contributed by atoms with Gasteiger partial charge in [-0.15, -0.1) is 0 Å². The Hall–Kier alpha value is -3.03. The molecule has 162 valence electrons. The van der Waals surface area contributed by atoms with E-state index in [0.717, 1.165) is 5.56 Å².